The lowest BCUT2D eigenvalue weighted by Gasteiger charge is -2.32. The van der Waals surface area contributed by atoms with E-state index in [1.54, 1.807) is 16.8 Å². The molecule has 1 saturated heterocycles. The maximum atomic E-state index is 14.1. The molecule has 1 fully saturated rings. The van der Waals surface area contributed by atoms with Crippen molar-refractivity contribution in [3.8, 4) is 0 Å². The second kappa shape index (κ2) is 6.53. The minimum atomic E-state index is -0.371. The molecule has 0 bridgehead atoms. The summed E-state index contributed by atoms with van der Waals surface area (Å²) in [5.74, 6) is 0.397. The van der Waals surface area contributed by atoms with Gasteiger partial charge in [0, 0.05) is 36.8 Å². The number of hydrogen-bond acceptors (Lipinski definition) is 6. The summed E-state index contributed by atoms with van der Waals surface area (Å²) in [5, 5.41) is 8.74. The van der Waals surface area contributed by atoms with Gasteiger partial charge in [-0.15, -0.1) is 5.10 Å². The molecule has 7 nitrogen and oxygen atoms in total. The molecule has 2 aromatic heterocycles. The van der Waals surface area contributed by atoms with Crippen LogP contribution in [0.2, 0.25) is 5.02 Å². The van der Waals surface area contributed by atoms with Crippen LogP contribution in [-0.2, 0) is 6.54 Å². The Morgan fingerprint density at radius 2 is 1.96 bits per heavy atom. The number of piperazine rings is 1. The molecular weight excluding hydrogens is 345 g/mol. The Labute approximate surface area is 149 Å². The molecule has 130 valence electrons. The fourth-order valence-corrected chi connectivity index (χ4v) is 3.19. The predicted molar refractivity (Wildman–Crippen MR) is 93.3 cm³/mol. The molecule has 9 heteroatoms. The number of fused-ring (bicyclic) bond motifs is 1. The van der Waals surface area contributed by atoms with Gasteiger partial charge < -0.3 is 9.80 Å². The molecule has 0 saturated carbocycles. The Morgan fingerprint density at radius 3 is 2.72 bits per heavy atom. The zero-order valence-corrected chi connectivity index (χ0v) is 14.5. The maximum absolute atomic E-state index is 14.1. The standard InChI is InChI=1S/C16H17ClFN7/c1-23-5-7-24(8-6-23)15-14-16(20-10-19-15)25(22-21-14)9-11-12(17)3-2-4-13(11)18/h2-4,10H,5-9H2,1H3. The smallest absolute Gasteiger partial charge is 0.184 e. The minimum Gasteiger partial charge on any atom is -0.352 e. The van der Waals surface area contributed by atoms with Gasteiger partial charge >= 0.3 is 0 Å². The fourth-order valence-electron chi connectivity index (χ4n) is 2.97. The van der Waals surface area contributed by atoms with Crippen LogP contribution in [0, 0.1) is 5.82 Å². The van der Waals surface area contributed by atoms with Crippen LogP contribution in [0.25, 0.3) is 11.2 Å². The molecule has 0 spiro atoms. The van der Waals surface area contributed by atoms with Crippen molar-refractivity contribution in [2.45, 2.75) is 6.54 Å². The topological polar surface area (TPSA) is 63.0 Å². The maximum Gasteiger partial charge on any atom is 0.184 e. The van der Waals surface area contributed by atoms with E-state index in [-0.39, 0.29) is 12.4 Å². The van der Waals surface area contributed by atoms with Gasteiger partial charge in [0.15, 0.2) is 17.0 Å². The van der Waals surface area contributed by atoms with Crippen molar-refractivity contribution in [2.75, 3.05) is 38.1 Å². The van der Waals surface area contributed by atoms with E-state index in [4.69, 9.17) is 11.6 Å². The SMILES string of the molecule is CN1CCN(c2ncnc3c2nnn3Cc2c(F)cccc2Cl)CC1. The summed E-state index contributed by atoms with van der Waals surface area (Å²) in [6.07, 6.45) is 1.50. The normalized spacial score (nSPS) is 15.9. The molecule has 0 unspecified atom stereocenters. The van der Waals surface area contributed by atoms with E-state index in [2.05, 4.69) is 37.1 Å². The van der Waals surface area contributed by atoms with Gasteiger partial charge in [0.25, 0.3) is 0 Å². The number of benzene rings is 1. The van der Waals surface area contributed by atoms with Crippen LogP contribution in [0.15, 0.2) is 24.5 Å². The van der Waals surface area contributed by atoms with Crippen molar-refractivity contribution >= 4 is 28.6 Å². The van der Waals surface area contributed by atoms with Gasteiger partial charge in [-0.25, -0.2) is 19.0 Å². The summed E-state index contributed by atoms with van der Waals surface area (Å²) >= 11 is 6.12. The second-order valence-corrected chi connectivity index (χ2v) is 6.51. The van der Waals surface area contributed by atoms with Crippen LogP contribution in [0.1, 0.15) is 5.56 Å². The zero-order chi connectivity index (χ0) is 17.4. The van der Waals surface area contributed by atoms with E-state index in [9.17, 15) is 4.39 Å². The monoisotopic (exact) mass is 361 g/mol. The van der Waals surface area contributed by atoms with Crippen LogP contribution >= 0.6 is 11.6 Å². The van der Waals surface area contributed by atoms with Crippen molar-refractivity contribution < 1.29 is 4.39 Å². The molecular formula is C16H17ClFN7. The van der Waals surface area contributed by atoms with Gasteiger partial charge in [-0.1, -0.05) is 22.9 Å². The van der Waals surface area contributed by atoms with Gasteiger partial charge in [0.1, 0.15) is 12.1 Å². The molecule has 0 radical (unpaired) electrons. The fraction of sp³-hybridized carbons (Fsp3) is 0.375. The summed E-state index contributed by atoms with van der Waals surface area (Å²) in [6, 6.07) is 4.61. The van der Waals surface area contributed by atoms with Gasteiger partial charge in [0.2, 0.25) is 0 Å². The molecule has 3 aromatic rings. The Hall–Kier alpha value is -2.32. The quantitative estimate of drug-likeness (QED) is 0.709. The van der Waals surface area contributed by atoms with Gasteiger partial charge in [-0.05, 0) is 19.2 Å². The minimum absolute atomic E-state index is 0.168. The highest BCUT2D eigenvalue weighted by atomic mass is 35.5. The Bertz CT molecular complexity index is 884. The van der Waals surface area contributed by atoms with E-state index in [1.165, 1.54) is 12.4 Å². The molecule has 1 aliphatic rings. The van der Waals surface area contributed by atoms with E-state index in [0.717, 1.165) is 32.0 Å². The first-order valence-corrected chi connectivity index (χ1v) is 8.42. The molecule has 1 aliphatic heterocycles. The van der Waals surface area contributed by atoms with Crippen LogP contribution in [0.5, 0.6) is 0 Å². The third-order valence-corrected chi connectivity index (χ3v) is 4.81. The molecule has 25 heavy (non-hydrogen) atoms. The molecule has 0 atom stereocenters. The lowest BCUT2D eigenvalue weighted by Crippen LogP contribution is -2.44. The lowest BCUT2D eigenvalue weighted by molar-refractivity contribution is 0.312. The first-order valence-electron chi connectivity index (χ1n) is 8.04. The van der Waals surface area contributed by atoms with Crippen LogP contribution in [0.4, 0.5) is 10.2 Å². The summed E-state index contributed by atoms with van der Waals surface area (Å²) in [7, 11) is 2.10. The third kappa shape index (κ3) is 3.03. The van der Waals surface area contributed by atoms with E-state index < -0.39 is 0 Å². The van der Waals surface area contributed by atoms with Crippen molar-refractivity contribution in [2.24, 2.45) is 0 Å². The summed E-state index contributed by atoms with van der Waals surface area (Å²) in [4.78, 5) is 13.1. The number of nitrogens with zero attached hydrogens (tertiary/aromatic N) is 7. The van der Waals surface area contributed by atoms with Crippen molar-refractivity contribution in [1.82, 2.24) is 29.9 Å². The van der Waals surface area contributed by atoms with E-state index in [1.807, 2.05) is 0 Å². The highest BCUT2D eigenvalue weighted by Gasteiger charge is 2.21. The van der Waals surface area contributed by atoms with E-state index in [0.29, 0.717) is 21.7 Å². The van der Waals surface area contributed by atoms with Gasteiger partial charge in [-0.3, -0.25) is 0 Å². The number of likely N-dealkylation sites (N-methyl/N-ethyl adjacent to an activating group) is 1. The van der Waals surface area contributed by atoms with Crippen LogP contribution in [0.3, 0.4) is 0 Å². The highest BCUT2D eigenvalue weighted by molar-refractivity contribution is 6.31. The highest BCUT2D eigenvalue weighted by Crippen LogP contribution is 2.24. The first-order chi connectivity index (χ1) is 12.1. The summed E-state index contributed by atoms with van der Waals surface area (Å²) in [5.41, 5.74) is 1.57. The molecule has 0 aliphatic carbocycles. The number of hydrogen-bond donors (Lipinski definition) is 0. The Kier molecular flexibility index (Phi) is 4.22. The molecule has 0 amide bonds. The number of rotatable bonds is 3. The predicted octanol–water partition coefficient (Wildman–Crippen LogP) is 1.81. The third-order valence-electron chi connectivity index (χ3n) is 4.45. The summed E-state index contributed by atoms with van der Waals surface area (Å²) in [6.45, 7) is 3.83. The molecule has 1 aromatic carbocycles. The number of anilines is 1. The second-order valence-electron chi connectivity index (χ2n) is 6.11. The van der Waals surface area contributed by atoms with Crippen molar-refractivity contribution in [1.29, 1.82) is 0 Å². The van der Waals surface area contributed by atoms with Crippen molar-refractivity contribution in [3.63, 3.8) is 0 Å². The lowest BCUT2D eigenvalue weighted by atomic mass is 10.2. The average Bonchev–Trinajstić information content (AvgIpc) is 3.02. The number of halogens is 2. The zero-order valence-electron chi connectivity index (χ0n) is 13.7. The largest absolute Gasteiger partial charge is 0.352 e. The summed E-state index contributed by atoms with van der Waals surface area (Å²) < 4.78 is 15.6. The van der Waals surface area contributed by atoms with Crippen LogP contribution < -0.4 is 4.90 Å². The van der Waals surface area contributed by atoms with Gasteiger partial charge in [0.05, 0.1) is 6.54 Å². The first kappa shape index (κ1) is 16.2. The molecule has 3 heterocycles. The average molecular weight is 362 g/mol. The van der Waals surface area contributed by atoms with Crippen LogP contribution in [-0.4, -0.2) is 63.1 Å². The van der Waals surface area contributed by atoms with Crippen molar-refractivity contribution in [3.05, 3.63) is 40.9 Å². The molecule has 4 rings (SSSR count). The van der Waals surface area contributed by atoms with E-state index >= 15 is 0 Å². The Morgan fingerprint density at radius 1 is 1.16 bits per heavy atom. The van der Waals surface area contributed by atoms with Gasteiger partial charge in [-0.2, -0.15) is 0 Å². The number of aromatic nitrogens is 5. The molecule has 0 N–H and O–H groups in total. The Balaban J connectivity index is 1.69.